The van der Waals surface area contributed by atoms with Crippen molar-refractivity contribution in [3.8, 4) is 0 Å². The molecule has 0 heterocycles. The van der Waals surface area contributed by atoms with Gasteiger partial charge in [0.15, 0.2) is 0 Å². The average molecular weight is 300 g/mol. The molecule has 21 heavy (non-hydrogen) atoms. The maximum absolute atomic E-state index is 13.6. The van der Waals surface area contributed by atoms with Gasteiger partial charge in [0, 0.05) is 0 Å². The molecular weight excluding hydrogens is 290 g/mol. The normalized spacial score (nSPS) is 15.3. The number of hydrogen-bond acceptors (Lipinski definition) is 4. The second-order valence-electron chi connectivity index (χ2n) is 4.67. The lowest BCUT2D eigenvalue weighted by Gasteiger charge is -2.13. The van der Waals surface area contributed by atoms with Gasteiger partial charge in [-0.1, -0.05) is 0 Å². The van der Waals surface area contributed by atoms with Crippen LogP contribution in [0, 0.1) is 27.7 Å². The molecule has 112 valence electrons. The highest BCUT2D eigenvalue weighted by atomic mass is 19.1. The Morgan fingerprint density at radius 1 is 1.33 bits per heavy atom. The highest BCUT2D eigenvalue weighted by molar-refractivity contribution is 5.97. The Kier molecular flexibility index (Phi) is 3.83. The lowest BCUT2D eigenvalue weighted by Crippen LogP contribution is -2.42. The highest BCUT2D eigenvalue weighted by Gasteiger charge is 2.38. The van der Waals surface area contributed by atoms with Crippen LogP contribution in [-0.2, 0) is 4.79 Å². The fourth-order valence-electron chi connectivity index (χ4n) is 1.88. The first-order chi connectivity index (χ1) is 9.81. The number of nitrogens with zero attached hydrogens (tertiary/aromatic N) is 1. The lowest BCUT2D eigenvalue weighted by atomic mass is 10.1. The largest absolute Gasteiger partial charge is 0.480 e. The lowest BCUT2D eigenvalue weighted by molar-refractivity contribution is -0.387. The number of nitrogens with one attached hydrogen (secondary N) is 1. The van der Waals surface area contributed by atoms with Crippen LogP contribution in [0.1, 0.15) is 23.2 Å². The zero-order valence-electron chi connectivity index (χ0n) is 10.5. The Balaban J connectivity index is 2.25. The molecule has 2 N–H and O–H groups in total. The summed E-state index contributed by atoms with van der Waals surface area (Å²) in [6.45, 7) is 0. The molecule has 0 spiro atoms. The summed E-state index contributed by atoms with van der Waals surface area (Å²) < 4.78 is 27.0. The molecule has 0 bridgehead atoms. The molecule has 0 saturated heterocycles. The Morgan fingerprint density at radius 3 is 2.43 bits per heavy atom. The number of carbonyl (C=O) groups is 2. The molecule has 1 atom stereocenters. The molecule has 1 aromatic carbocycles. The molecule has 2 rings (SSSR count). The van der Waals surface area contributed by atoms with Gasteiger partial charge in [0.25, 0.3) is 5.91 Å². The third-order valence-electron chi connectivity index (χ3n) is 3.12. The first kappa shape index (κ1) is 14.8. The minimum atomic E-state index is -1.37. The van der Waals surface area contributed by atoms with E-state index in [9.17, 15) is 28.5 Å². The van der Waals surface area contributed by atoms with Gasteiger partial charge in [-0.25, -0.2) is 9.18 Å². The van der Waals surface area contributed by atoms with Crippen molar-refractivity contribution in [2.75, 3.05) is 0 Å². The van der Waals surface area contributed by atoms with E-state index in [4.69, 9.17) is 5.11 Å². The average Bonchev–Trinajstić information content (AvgIpc) is 3.21. The van der Waals surface area contributed by atoms with Crippen LogP contribution in [0.3, 0.4) is 0 Å². The molecule has 1 aliphatic carbocycles. The molecule has 1 fully saturated rings. The van der Waals surface area contributed by atoms with Crippen LogP contribution in [0.4, 0.5) is 14.5 Å². The molecular formula is C12H10F2N2O5. The van der Waals surface area contributed by atoms with Crippen LogP contribution in [0.2, 0.25) is 0 Å². The molecule has 1 aliphatic rings. The van der Waals surface area contributed by atoms with Crippen LogP contribution < -0.4 is 5.32 Å². The van der Waals surface area contributed by atoms with Gasteiger partial charge in [-0.2, -0.15) is 4.39 Å². The number of halogens is 2. The number of carboxylic acid groups (broad SMARTS) is 1. The number of hydrogen-bond donors (Lipinski definition) is 2. The van der Waals surface area contributed by atoms with E-state index in [1.807, 2.05) is 0 Å². The number of amides is 1. The van der Waals surface area contributed by atoms with Crippen LogP contribution in [0.25, 0.3) is 0 Å². The summed E-state index contributed by atoms with van der Waals surface area (Å²) in [7, 11) is 0. The van der Waals surface area contributed by atoms with E-state index in [1.54, 1.807) is 0 Å². The number of nitro groups is 1. The SMILES string of the molecule is O=C(NC(C(=O)O)C1CC1)c1cc(F)c([N+](=O)[O-])cc1F. The van der Waals surface area contributed by atoms with Gasteiger partial charge >= 0.3 is 11.7 Å². The van der Waals surface area contributed by atoms with Crippen molar-refractivity contribution in [1.82, 2.24) is 5.32 Å². The second kappa shape index (κ2) is 5.43. The van der Waals surface area contributed by atoms with Gasteiger partial charge in [0.1, 0.15) is 11.9 Å². The molecule has 7 nitrogen and oxygen atoms in total. The topological polar surface area (TPSA) is 110 Å². The molecule has 1 saturated carbocycles. The van der Waals surface area contributed by atoms with Crippen LogP contribution in [0.5, 0.6) is 0 Å². The zero-order valence-corrected chi connectivity index (χ0v) is 10.5. The minimum absolute atomic E-state index is 0.239. The first-order valence-corrected chi connectivity index (χ1v) is 5.98. The third-order valence-corrected chi connectivity index (χ3v) is 3.12. The van der Waals surface area contributed by atoms with Crippen molar-refractivity contribution >= 4 is 17.6 Å². The van der Waals surface area contributed by atoms with Gasteiger partial charge in [0.2, 0.25) is 5.82 Å². The van der Waals surface area contributed by atoms with E-state index in [0.29, 0.717) is 18.9 Å². The molecule has 1 unspecified atom stereocenters. The summed E-state index contributed by atoms with van der Waals surface area (Å²) in [4.78, 5) is 32.1. The molecule has 1 aromatic rings. The summed E-state index contributed by atoms with van der Waals surface area (Å²) in [5, 5.41) is 21.5. The summed E-state index contributed by atoms with van der Waals surface area (Å²) >= 11 is 0. The Morgan fingerprint density at radius 2 is 1.95 bits per heavy atom. The molecule has 0 aliphatic heterocycles. The van der Waals surface area contributed by atoms with Gasteiger partial charge in [-0.3, -0.25) is 14.9 Å². The predicted molar refractivity (Wildman–Crippen MR) is 64.6 cm³/mol. The summed E-state index contributed by atoms with van der Waals surface area (Å²) in [5.41, 5.74) is -1.87. The molecule has 1 amide bonds. The maximum atomic E-state index is 13.6. The number of nitro benzene ring substituents is 1. The van der Waals surface area contributed by atoms with Gasteiger partial charge in [-0.15, -0.1) is 0 Å². The van der Waals surface area contributed by atoms with Crippen molar-refractivity contribution in [1.29, 1.82) is 0 Å². The summed E-state index contributed by atoms with van der Waals surface area (Å²) in [5.74, 6) is -5.29. The van der Waals surface area contributed by atoms with Crippen LogP contribution in [-0.4, -0.2) is 27.9 Å². The highest BCUT2D eigenvalue weighted by Crippen LogP contribution is 2.33. The van der Waals surface area contributed by atoms with E-state index in [1.165, 1.54) is 0 Å². The quantitative estimate of drug-likeness (QED) is 0.632. The Labute approximate surface area is 116 Å². The number of carboxylic acids is 1. The monoisotopic (exact) mass is 300 g/mol. The van der Waals surface area contributed by atoms with Gasteiger partial charge in [-0.05, 0) is 24.8 Å². The summed E-state index contributed by atoms with van der Waals surface area (Å²) in [6.07, 6.45) is 1.24. The van der Waals surface area contributed by atoms with E-state index >= 15 is 0 Å². The van der Waals surface area contributed by atoms with Crippen molar-refractivity contribution < 1.29 is 28.4 Å². The van der Waals surface area contributed by atoms with E-state index in [2.05, 4.69) is 5.32 Å². The fraction of sp³-hybridized carbons (Fsp3) is 0.333. The smallest absolute Gasteiger partial charge is 0.326 e. The number of rotatable bonds is 5. The molecule has 9 heteroatoms. The van der Waals surface area contributed by atoms with Gasteiger partial charge in [0.05, 0.1) is 16.6 Å². The second-order valence-corrected chi connectivity index (χ2v) is 4.67. The van der Waals surface area contributed by atoms with Crippen molar-refractivity contribution in [2.45, 2.75) is 18.9 Å². The third kappa shape index (κ3) is 3.12. The van der Waals surface area contributed by atoms with E-state index in [0.717, 1.165) is 0 Å². The van der Waals surface area contributed by atoms with Crippen molar-refractivity contribution in [3.05, 3.63) is 39.4 Å². The Hall–Kier alpha value is -2.58. The number of benzene rings is 1. The van der Waals surface area contributed by atoms with Crippen molar-refractivity contribution in [3.63, 3.8) is 0 Å². The zero-order chi connectivity index (χ0) is 15.7. The molecule has 0 aromatic heterocycles. The van der Waals surface area contributed by atoms with E-state index < -0.39 is 45.7 Å². The predicted octanol–water partition coefficient (Wildman–Crippen LogP) is 1.47. The first-order valence-electron chi connectivity index (χ1n) is 5.98. The minimum Gasteiger partial charge on any atom is -0.480 e. The van der Waals surface area contributed by atoms with Gasteiger partial charge < -0.3 is 10.4 Å². The molecule has 0 radical (unpaired) electrons. The van der Waals surface area contributed by atoms with Crippen LogP contribution >= 0.6 is 0 Å². The van der Waals surface area contributed by atoms with Crippen LogP contribution in [0.15, 0.2) is 12.1 Å². The number of aliphatic carboxylic acids is 1. The number of carbonyl (C=O) groups excluding carboxylic acids is 1. The Bertz CT molecular complexity index is 630. The fourth-order valence-corrected chi connectivity index (χ4v) is 1.88. The summed E-state index contributed by atoms with van der Waals surface area (Å²) in [6, 6.07) is -0.513. The standard InChI is InChI=1S/C12H10F2N2O5/c13-7-4-9(16(20)21)8(14)3-6(7)11(17)15-10(12(18)19)5-1-2-5/h3-5,10H,1-2H2,(H,15,17)(H,18,19). The van der Waals surface area contributed by atoms with E-state index in [-0.39, 0.29) is 12.0 Å². The maximum Gasteiger partial charge on any atom is 0.326 e. The van der Waals surface area contributed by atoms with Crippen molar-refractivity contribution in [2.24, 2.45) is 5.92 Å².